The van der Waals surface area contributed by atoms with Gasteiger partial charge in [0.15, 0.2) is 0 Å². The Morgan fingerprint density at radius 1 is 1.40 bits per heavy atom. The maximum Gasteiger partial charge on any atom is 0.338 e. The number of methoxy groups -OCH3 is 1. The van der Waals surface area contributed by atoms with E-state index in [4.69, 9.17) is 5.11 Å². The molecule has 0 unspecified atom stereocenters. The highest BCUT2D eigenvalue weighted by Crippen LogP contribution is 2.23. The zero-order chi connectivity index (χ0) is 11.4. The van der Waals surface area contributed by atoms with Gasteiger partial charge in [-0.05, 0) is 17.3 Å². The third-order valence-corrected chi connectivity index (χ3v) is 1.76. The molecule has 0 saturated heterocycles. The third kappa shape index (κ3) is 1.98. The van der Waals surface area contributed by atoms with Gasteiger partial charge in [0.1, 0.15) is 11.3 Å². The largest absolute Gasteiger partial charge is 0.478 e. The first kappa shape index (κ1) is 10.8. The molecule has 78 valence electrons. The Hall–Kier alpha value is -2.24. The smallest absolute Gasteiger partial charge is 0.338 e. The van der Waals surface area contributed by atoms with Crippen LogP contribution in [0.2, 0.25) is 0 Å². The van der Waals surface area contributed by atoms with Gasteiger partial charge in [-0.3, -0.25) is 0 Å². The SMILES string of the molecule is COC(=O)c1cccc(N=O)c1C(=O)O. The molecule has 0 spiro atoms. The van der Waals surface area contributed by atoms with E-state index in [1.807, 2.05) is 0 Å². The summed E-state index contributed by atoms with van der Waals surface area (Å²) in [5, 5.41) is 11.3. The zero-order valence-corrected chi connectivity index (χ0v) is 7.76. The zero-order valence-electron chi connectivity index (χ0n) is 7.76. The monoisotopic (exact) mass is 209 g/mol. The lowest BCUT2D eigenvalue weighted by molar-refractivity contribution is 0.0583. The van der Waals surface area contributed by atoms with Gasteiger partial charge in [0, 0.05) is 0 Å². The highest BCUT2D eigenvalue weighted by molar-refractivity contribution is 6.05. The highest BCUT2D eigenvalue weighted by Gasteiger charge is 2.21. The summed E-state index contributed by atoms with van der Waals surface area (Å²) in [5.41, 5.74) is -0.938. The highest BCUT2D eigenvalue weighted by atomic mass is 16.5. The standard InChI is InChI=1S/C9H7NO5/c1-15-9(13)5-3-2-4-6(10-14)7(5)8(11)12/h2-4H,1H3,(H,11,12). The number of hydrogen-bond donors (Lipinski definition) is 1. The number of benzene rings is 1. The molecule has 6 heteroatoms. The molecule has 0 saturated carbocycles. The predicted molar refractivity (Wildman–Crippen MR) is 50.2 cm³/mol. The number of carboxylic acid groups (broad SMARTS) is 1. The van der Waals surface area contributed by atoms with Crippen LogP contribution in [0.1, 0.15) is 20.7 Å². The average molecular weight is 209 g/mol. The van der Waals surface area contributed by atoms with Gasteiger partial charge in [-0.2, -0.15) is 0 Å². The lowest BCUT2D eigenvalue weighted by Crippen LogP contribution is -2.10. The maximum atomic E-state index is 11.2. The first-order chi connectivity index (χ1) is 7.11. The minimum absolute atomic E-state index is 0.192. The molecule has 6 nitrogen and oxygen atoms in total. The van der Waals surface area contributed by atoms with Crippen LogP contribution in [0.3, 0.4) is 0 Å². The van der Waals surface area contributed by atoms with Crippen LogP contribution in [0.15, 0.2) is 23.4 Å². The molecule has 0 atom stereocenters. The van der Waals surface area contributed by atoms with Gasteiger partial charge in [-0.1, -0.05) is 6.07 Å². The van der Waals surface area contributed by atoms with Gasteiger partial charge in [0.05, 0.1) is 12.7 Å². The number of carboxylic acids is 1. The van der Waals surface area contributed by atoms with E-state index in [2.05, 4.69) is 9.91 Å². The van der Waals surface area contributed by atoms with Crippen LogP contribution < -0.4 is 0 Å². The van der Waals surface area contributed by atoms with Gasteiger partial charge < -0.3 is 9.84 Å². The number of aromatic carboxylic acids is 1. The number of esters is 1. The summed E-state index contributed by atoms with van der Waals surface area (Å²) in [6, 6.07) is 3.82. The second-order valence-corrected chi connectivity index (χ2v) is 2.59. The van der Waals surface area contributed by atoms with Crippen LogP contribution in [0, 0.1) is 4.91 Å². The molecule has 1 N–H and O–H groups in total. The molecule has 15 heavy (non-hydrogen) atoms. The third-order valence-electron chi connectivity index (χ3n) is 1.76. The van der Waals surface area contributed by atoms with Crippen LogP contribution in [-0.2, 0) is 4.74 Å². The van der Waals surface area contributed by atoms with E-state index in [1.54, 1.807) is 0 Å². The summed E-state index contributed by atoms with van der Waals surface area (Å²) >= 11 is 0. The number of hydrogen-bond acceptors (Lipinski definition) is 5. The summed E-state index contributed by atoms with van der Waals surface area (Å²) in [6.07, 6.45) is 0. The van der Waals surface area contributed by atoms with Gasteiger partial charge in [-0.15, -0.1) is 4.91 Å². The quantitative estimate of drug-likeness (QED) is 0.602. The molecule has 0 heterocycles. The molecule has 0 bridgehead atoms. The van der Waals surface area contributed by atoms with Crippen molar-refractivity contribution in [2.45, 2.75) is 0 Å². The topological polar surface area (TPSA) is 93.0 Å². The Morgan fingerprint density at radius 3 is 2.53 bits per heavy atom. The fourth-order valence-electron chi connectivity index (χ4n) is 1.12. The van der Waals surface area contributed by atoms with E-state index >= 15 is 0 Å². The van der Waals surface area contributed by atoms with Crippen molar-refractivity contribution >= 4 is 17.6 Å². The van der Waals surface area contributed by atoms with E-state index in [0.717, 1.165) is 7.11 Å². The summed E-state index contributed by atoms with van der Waals surface area (Å²) in [4.78, 5) is 32.3. The molecule has 1 aromatic carbocycles. The van der Waals surface area contributed by atoms with E-state index in [1.165, 1.54) is 18.2 Å². The van der Waals surface area contributed by atoms with Crippen LogP contribution in [0.4, 0.5) is 5.69 Å². The fourth-order valence-corrected chi connectivity index (χ4v) is 1.12. The first-order valence-corrected chi connectivity index (χ1v) is 3.89. The molecular formula is C9H7NO5. The lowest BCUT2D eigenvalue weighted by atomic mass is 10.1. The number of nitrogens with zero attached hydrogens (tertiary/aromatic N) is 1. The van der Waals surface area contributed by atoms with Crippen LogP contribution in [0.5, 0.6) is 0 Å². The molecule has 1 aromatic rings. The Morgan fingerprint density at radius 2 is 2.07 bits per heavy atom. The van der Waals surface area contributed by atoms with Gasteiger partial charge >= 0.3 is 11.9 Å². The number of ether oxygens (including phenoxy) is 1. The van der Waals surface area contributed by atoms with Crippen molar-refractivity contribution in [1.29, 1.82) is 0 Å². The van der Waals surface area contributed by atoms with Crippen LogP contribution in [0.25, 0.3) is 0 Å². The number of nitroso groups, excluding NO2 is 1. The normalized spacial score (nSPS) is 9.40. The molecule has 0 aliphatic heterocycles. The summed E-state index contributed by atoms with van der Waals surface area (Å²) in [5.74, 6) is -2.22. The van der Waals surface area contributed by atoms with Crippen molar-refractivity contribution in [3.63, 3.8) is 0 Å². The molecule has 0 aliphatic rings. The van der Waals surface area contributed by atoms with Crippen LogP contribution in [-0.4, -0.2) is 24.2 Å². The molecule has 0 radical (unpaired) electrons. The molecule has 0 aliphatic carbocycles. The summed E-state index contributed by atoms with van der Waals surface area (Å²) < 4.78 is 4.38. The van der Waals surface area contributed by atoms with Crippen molar-refractivity contribution in [3.05, 3.63) is 34.2 Å². The fraction of sp³-hybridized carbons (Fsp3) is 0.111. The Bertz CT molecular complexity index is 427. The average Bonchev–Trinajstić information content (AvgIpc) is 2.26. The van der Waals surface area contributed by atoms with Gasteiger partial charge in [-0.25, -0.2) is 9.59 Å². The Kier molecular flexibility index (Phi) is 3.12. The minimum Gasteiger partial charge on any atom is -0.478 e. The van der Waals surface area contributed by atoms with Crippen molar-refractivity contribution < 1.29 is 19.4 Å². The van der Waals surface area contributed by atoms with E-state index in [0.29, 0.717) is 0 Å². The van der Waals surface area contributed by atoms with Gasteiger partial charge in [0.2, 0.25) is 0 Å². The van der Waals surface area contributed by atoms with Crippen LogP contribution >= 0.6 is 0 Å². The molecule has 0 aromatic heterocycles. The number of carbonyl (C=O) groups excluding carboxylic acids is 1. The molecular weight excluding hydrogens is 202 g/mol. The second-order valence-electron chi connectivity index (χ2n) is 2.59. The van der Waals surface area contributed by atoms with Crippen molar-refractivity contribution in [3.8, 4) is 0 Å². The van der Waals surface area contributed by atoms with E-state index in [9.17, 15) is 14.5 Å². The first-order valence-electron chi connectivity index (χ1n) is 3.89. The van der Waals surface area contributed by atoms with Gasteiger partial charge in [0.25, 0.3) is 0 Å². The van der Waals surface area contributed by atoms with Crippen molar-refractivity contribution in [2.75, 3.05) is 7.11 Å². The summed E-state index contributed by atoms with van der Waals surface area (Å²) in [7, 11) is 1.12. The van der Waals surface area contributed by atoms with E-state index in [-0.39, 0.29) is 11.3 Å². The Balaban J connectivity index is 3.44. The van der Waals surface area contributed by atoms with Crippen molar-refractivity contribution in [2.24, 2.45) is 5.18 Å². The summed E-state index contributed by atoms with van der Waals surface area (Å²) in [6.45, 7) is 0. The Labute approximate surface area is 84.5 Å². The minimum atomic E-state index is -1.40. The second kappa shape index (κ2) is 4.32. The predicted octanol–water partition coefficient (Wildman–Crippen LogP) is 1.57. The molecule has 0 fully saturated rings. The lowest BCUT2D eigenvalue weighted by Gasteiger charge is -2.04. The van der Waals surface area contributed by atoms with Crippen molar-refractivity contribution in [1.82, 2.24) is 0 Å². The molecule has 1 rings (SSSR count). The number of rotatable bonds is 3. The molecule has 0 amide bonds. The van der Waals surface area contributed by atoms with E-state index < -0.39 is 17.5 Å². The maximum absolute atomic E-state index is 11.2. The number of carbonyl (C=O) groups is 2.